The van der Waals surface area contributed by atoms with Crippen LogP contribution in [0, 0.1) is 0 Å². The van der Waals surface area contributed by atoms with Crippen LogP contribution >= 0.6 is 11.3 Å². The molecule has 1 atom stereocenters. The number of carbonyl (C=O) groups excluding carboxylic acids is 1. The van der Waals surface area contributed by atoms with Crippen LogP contribution in [-0.2, 0) is 9.53 Å². The molecule has 0 saturated carbocycles. The summed E-state index contributed by atoms with van der Waals surface area (Å²) >= 11 is 1.30. The van der Waals surface area contributed by atoms with Gasteiger partial charge in [0.05, 0.1) is 42.7 Å². The number of hydrogen-bond acceptors (Lipinski definition) is 7. The van der Waals surface area contributed by atoms with Gasteiger partial charge in [0, 0.05) is 0 Å². The first-order valence-corrected chi connectivity index (χ1v) is 12.3. The molecule has 3 aromatic rings. The van der Waals surface area contributed by atoms with Crippen molar-refractivity contribution in [2.75, 3.05) is 20.8 Å². The first kappa shape index (κ1) is 24.5. The van der Waals surface area contributed by atoms with Crippen molar-refractivity contribution in [3.63, 3.8) is 0 Å². The van der Waals surface area contributed by atoms with E-state index in [1.165, 1.54) is 18.4 Å². The highest BCUT2D eigenvalue weighted by molar-refractivity contribution is 7.07. The van der Waals surface area contributed by atoms with E-state index in [0.717, 1.165) is 29.7 Å². The number of benzene rings is 2. The summed E-state index contributed by atoms with van der Waals surface area (Å²) < 4.78 is 18.1. The fraction of sp³-hybridized carbons (Fsp3) is 0.296. The molecule has 2 aromatic carbocycles. The molecule has 1 aliphatic rings. The standard InChI is InChI=1S/C27H28N2O5S/c1-5-6-15-34-21-11-7-18(8-12-21)16-22-25(30)29-24(19-9-13-20(32-3)14-10-19)23(26(31)33-4)17(2)28-27(29)35-22/h7-14,16,24H,5-6,15H2,1-4H3. The van der Waals surface area contributed by atoms with E-state index in [1.807, 2.05) is 42.5 Å². The summed E-state index contributed by atoms with van der Waals surface area (Å²) in [6.45, 7) is 4.57. The van der Waals surface area contributed by atoms with E-state index in [9.17, 15) is 9.59 Å². The number of aromatic nitrogens is 1. The zero-order chi connectivity index (χ0) is 24.9. The maximum atomic E-state index is 13.6. The van der Waals surface area contributed by atoms with Gasteiger partial charge in [-0.2, -0.15) is 0 Å². The van der Waals surface area contributed by atoms with Gasteiger partial charge in [0.15, 0.2) is 4.80 Å². The third-order valence-electron chi connectivity index (χ3n) is 5.80. The first-order chi connectivity index (χ1) is 17.0. The van der Waals surface area contributed by atoms with Crippen LogP contribution in [0.5, 0.6) is 11.5 Å². The molecule has 0 radical (unpaired) electrons. The van der Waals surface area contributed by atoms with Crippen LogP contribution in [0.1, 0.15) is 43.9 Å². The van der Waals surface area contributed by atoms with E-state index in [0.29, 0.717) is 33.0 Å². The summed E-state index contributed by atoms with van der Waals surface area (Å²) in [4.78, 5) is 31.4. The second kappa shape index (κ2) is 10.7. The van der Waals surface area contributed by atoms with Crippen LogP contribution < -0.4 is 24.4 Å². The van der Waals surface area contributed by atoms with Gasteiger partial charge in [-0.1, -0.05) is 48.9 Å². The number of esters is 1. The highest BCUT2D eigenvalue weighted by Crippen LogP contribution is 2.31. The van der Waals surface area contributed by atoms with E-state index < -0.39 is 12.0 Å². The van der Waals surface area contributed by atoms with Crippen molar-refractivity contribution in [3.05, 3.63) is 90.6 Å². The molecule has 1 aromatic heterocycles. The van der Waals surface area contributed by atoms with Crippen LogP contribution in [0.3, 0.4) is 0 Å². The third-order valence-corrected chi connectivity index (χ3v) is 6.79. The van der Waals surface area contributed by atoms with Crippen LogP contribution in [0.2, 0.25) is 0 Å². The molecule has 1 aliphatic heterocycles. The Bertz CT molecular complexity index is 1420. The van der Waals surface area contributed by atoms with E-state index in [2.05, 4.69) is 11.9 Å². The van der Waals surface area contributed by atoms with E-state index in [-0.39, 0.29) is 5.56 Å². The molecule has 8 heteroatoms. The second-order valence-corrected chi connectivity index (χ2v) is 9.13. The zero-order valence-electron chi connectivity index (χ0n) is 20.2. The Morgan fingerprint density at radius 2 is 1.77 bits per heavy atom. The lowest BCUT2D eigenvalue weighted by atomic mass is 9.96. The number of hydrogen-bond donors (Lipinski definition) is 0. The number of rotatable bonds is 8. The van der Waals surface area contributed by atoms with Gasteiger partial charge in [0.2, 0.25) is 0 Å². The summed E-state index contributed by atoms with van der Waals surface area (Å²) in [5.41, 5.74) is 2.29. The Kier molecular flexibility index (Phi) is 7.51. The van der Waals surface area contributed by atoms with Gasteiger partial charge in [-0.25, -0.2) is 9.79 Å². The molecule has 182 valence electrons. The molecule has 0 fully saturated rings. The van der Waals surface area contributed by atoms with Gasteiger partial charge in [-0.15, -0.1) is 0 Å². The number of allylic oxidation sites excluding steroid dienone is 1. The summed E-state index contributed by atoms with van der Waals surface area (Å²) in [7, 11) is 2.92. The van der Waals surface area contributed by atoms with Gasteiger partial charge in [-0.3, -0.25) is 9.36 Å². The van der Waals surface area contributed by atoms with Crippen molar-refractivity contribution in [1.29, 1.82) is 0 Å². The summed E-state index contributed by atoms with van der Waals surface area (Å²) in [6.07, 6.45) is 3.92. The number of thiazole rings is 1. The average Bonchev–Trinajstić information content (AvgIpc) is 3.18. The lowest BCUT2D eigenvalue weighted by Crippen LogP contribution is -2.39. The van der Waals surface area contributed by atoms with Crippen LogP contribution in [0.15, 0.2) is 69.6 Å². The Labute approximate surface area is 207 Å². The SMILES string of the molecule is CCCCOc1ccc(C=c2sc3n(c2=O)C(c2ccc(OC)cc2)C(C(=O)OC)=C(C)N=3)cc1. The Morgan fingerprint density at radius 1 is 1.09 bits per heavy atom. The Hall–Kier alpha value is -3.65. The average molecular weight is 493 g/mol. The smallest absolute Gasteiger partial charge is 0.338 e. The number of fused-ring (bicyclic) bond motifs is 1. The maximum absolute atomic E-state index is 13.6. The number of nitrogens with zero attached hydrogens (tertiary/aromatic N) is 2. The van der Waals surface area contributed by atoms with Crippen LogP contribution in [0.4, 0.5) is 0 Å². The molecule has 0 spiro atoms. The molecule has 4 rings (SSSR count). The molecule has 2 heterocycles. The molecule has 0 aliphatic carbocycles. The van der Waals surface area contributed by atoms with Crippen molar-refractivity contribution in [2.45, 2.75) is 32.7 Å². The fourth-order valence-corrected chi connectivity index (χ4v) is 4.99. The largest absolute Gasteiger partial charge is 0.497 e. The maximum Gasteiger partial charge on any atom is 0.338 e. The first-order valence-electron chi connectivity index (χ1n) is 11.4. The Balaban J connectivity index is 1.79. The minimum atomic E-state index is -0.652. The lowest BCUT2D eigenvalue weighted by molar-refractivity contribution is -0.136. The lowest BCUT2D eigenvalue weighted by Gasteiger charge is -2.24. The van der Waals surface area contributed by atoms with Crippen LogP contribution in [0.25, 0.3) is 6.08 Å². The van der Waals surface area contributed by atoms with Gasteiger partial charge in [-0.05, 0) is 54.8 Å². The third kappa shape index (κ3) is 5.07. The van der Waals surface area contributed by atoms with E-state index >= 15 is 0 Å². The van der Waals surface area contributed by atoms with Gasteiger partial charge >= 0.3 is 5.97 Å². The number of ether oxygens (including phenoxy) is 3. The minimum absolute atomic E-state index is 0.216. The highest BCUT2D eigenvalue weighted by Gasteiger charge is 2.33. The van der Waals surface area contributed by atoms with Crippen molar-refractivity contribution in [1.82, 2.24) is 4.57 Å². The normalized spacial score (nSPS) is 15.4. The molecular formula is C27H28N2O5S. The molecule has 0 N–H and O–H groups in total. The molecular weight excluding hydrogens is 464 g/mol. The predicted octanol–water partition coefficient (Wildman–Crippen LogP) is 3.60. The van der Waals surface area contributed by atoms with Crippen LogP contribution in [-0.4, -0.2) is 31.4 Å². The van der Waals surface area contributed by atoms with Crippen molar-refractivity contribution in [3.8, 4) is 11.5 Å². The second-order valence-electron chi connectivity index (χ2n) is 8.12. The van der Waals surface area contributed by atoms with Gasteiger partial charge in [0.25, 0.3) is 5.56 Å². The molecule has 0 saturated heterocycles. The molecule has 1 unspecified atom stereocenters. The molecule has 35 heavy (non-hydrogen) atoms. The topological polar surface area (TPSA) is 79.1 Å². The quantitative estimate of drug-likeness (QED) is 0.355. The zero-order valence-corrected chi connectivity index (χ0v) is 21.1. The summed E-state index contributed by atoms with van der Waals surface area (Å²) in [5.74, 6) is 0.971. The Morgan fingerprint density at radius 3 is 2.40 bits per heavy atom. The summed E-state index contributed by atoms with van der Waals surface area (Å²) in [5, 5.41) is 0. The highest BCUT2D eigenvalue weighted by atomic mass is 32.1. The monoisotopic (exact) mass is 492 g/mol. The van der Waals surface area contributed by atoms with E-state index in [4.69, 9.17) is 14.2 Å². The van der Waals surface area contributed by atoms with Crippen molar-refractivity contribution < 1.29 is 19.0 Å². The van der Waals surface area contributed by atoms with Gasteiger partial charge < -0.3 is 14.2 Å². The fourth-order valence-electron chi connectivity index (χ4n) is 3.94. The minimum Gasteiger partial charge on any atom is -0.497 e. The molecule has 7 nitrogen and oxygen atoms in total. The molecule has 0 bridgehead atoms. The van der Waals surface area contributed by atoms with Gasteiger partial charge in [0.1, 0.15) is 11.5 Å². The van der Waals surface area contributed by atoms with E-state index in [1.54, 1.807) is 30.7 Å². The number of carbonyl (C=O) groups is 1. The van der Waals surface area contributed by atoms with Crippen molar-refractivity contribution >= 4 is 23.4 Å². The summed E-state index contributed by atoms with van der Waals surface area (Å²) in [6, 6.07) is 14.3. The van der Waals surface area contributed by atoms with Crippen molar-refractivity contribution in [2.24, 2.45) is 4.99 Å². The predicted molar refractivity (Wildman–Crippen MR) is 136 cm³/mol. The number of unbranched alkanes of at least 4 members (excludes halogenated alkanes) is 1. The number of methoxy groups -OCH3 is 2. The molecule has 0 amide bonds.